The summed E-state index contributed by atoms with van der Waals surface area (Å²) in [5.74, 6) is 1.01. The molecule has 2 heteroatoms. The fraction of sp³-hybridized carbons (Fsp3) is 1.00. The quantitative estimate of drug-likeness (QED) is 0.721. The van der Waals surface area contributed by atoms with Gasteiger partial charge in [0.1, 0.15) is 0 Å². The van der Waals surface area contributed by atoms with E-state index in [1.807, 2.05) is 0 Å². The highest BCUT2D eigenvalue weighted by molar-refractivity contribution is 4.90. The van der Waals surface area contributed by atoms with Crippen molar-refractivity contribution in [2.75, 3.05) is 19.6 Å². The van der Waals surface area contributed by atoms with E-state index >= 15 is 0 Å². The van der Waals surface area contributed by atoms with E-state index in [0.29, 0.717) is 17.5 Å². The van der Waals surface area contributed by atoms with Crippen LogP contribution in [-0.4, -0.2) is 36.6 Å². The summed E-state index contributed by atoms with van der Waals surface area (Å²) >= 11 is 0. The van der Waals surface area contributed by atoms with Crippen molar-refractivity contribution in [2.45, 2.75) is 84.7 Å². The maximum atomic E-state index is 3.74. The molecule has 0 radical (unpaired) electrons. The second kappa shape index (κ2) is 7.26. The van der Waals surface area contributed by atoms with E-state index < -0.39 is 0 Å². The maximum absolute atomic E-state index is 3.74. The van der Waals surface area contributed by atoms with Crippen LogP contribution in [0.3, 0.4) is 0 Å². The van der Waals surface area contributed by atoms with Crippen LogP contribution in [0, 0.1) is 11.3 Å². The third kappa shape index (κ3) is 5.04. The first-order valence-corrected chi connectivity index (χ1v) is 8.98. The first-order chi connectivity index (χ1) is 9.51. The lowest BCUT2D eigenvalue weighted by Gasteiger charge is -2.43. The largest absolute Gasteiger partial charge is 0.314 e. The molecule has 0 atom stereocenters. The van der Waals surface area contributed by atoms with E-state index in [0.717, 1.165) is 5.92 Å². The molecule has 118 valence electrons. The first kappa shape index (κ1) is 16.3. The topological polar surface area (TPSA) is 15.3 Å². The normalized spacial score (nSPS) is 22.9. The van der Waals surface area contributed by atoms with Gasteiger partial charge in [0.05, 0.1) is 0 Å². The van der Waals surface area contributed by atoms with Crippen LogP contribution < -0.4 is 5.32 Å². The van der Waals surface area contributed by atoms with Gasteiger partial charge in [0, 0.05) is 31.7 Å². The Labute approximate surface area is 126 Å². The van der Waals surface area contributed by atoms with E-state index in [1.165, 1.54) is 64.6 Å². The van der Waals surface area contributed by atoms with Crippen LogP contribution in [0.5, 0.6) is 0 Å². The lowest BCUT2D eigenvalue weighted by atomic mass is 9.73. The van der Waals surface area contributed by atoms with Gasteiger partial charge in [-0.05, 0) is 50.9 Å². The van der Waals surface area contributed by atoms with Crippen molar-refractivity contribution in [3.05, 3.63) is 0 Å². The molecule has 0 aromatic rings. The van der Waals surface area contributed by atoms with Crippen molar-refractivity contribution >= 4 is 0 Å². The molecule has 0 bridgehead atoms. The molecule has 2 rings (SSSR count). The second-order valence-electron chi connectivity index (χ2n) is 8.06. The molecular formula is C18H36N2. The first-order valence-electron chi connectivity index (χ1n) is 8.98. The van der Waals surface area contributed by atoms with Crippen molar-refractivity contribution in [3.8, 4) is 0 Å². The number of hydrogen-bond acceptors (Lipinski definition) is 2. The molecular weight excluding hydrogens is 244 g/mol. The Morgan fingerprint density at radius 1 is 1.05 bits per heavy atom. The highest BCUT2D eigenvalue weighted by atomic mass is 15.2. The molecule has 0 aliphatic heterocycles. The Kier molecular flexibility index (Phi) is 5.92. The van der Waals surface area contributed by atoms with Gasteiger partial charge >= 0.3 is 0 Å². The summed E-state index contributed by atoms with van der Waals surface area (Å²) in [5.41, 5.74) is 0.543. The molecule has 0 aromatic heterocycles. The molecule has 0 amide bonds. The van der Waals surface area contributed by atoms with Crippen molar-refractivity contribution in [2.24, 2.45) is 11.3 Å². The van der Waals surface area contributed by atoms with Gasteiger partial charge in [-0.25, -0.2) is 0 Å². The van der Waals surface area contributed by atoms with Gasteiger partial charge in [-0.1, -0.05) is 33.1 Å². The van der Waals surface area contributed by atoms with Crippen LogP contribution in [0.15, 0.2) is 0 Å². The molecule has 2 aliphatic carbocycles. The lowest BCUT2D eigenvalue weighted by Crippen LogP contribution is -2.49. The summed E-state index contributed by atoms with van der Waals surface area (Å²) in [6, 6.07) is 1.32. The molecule has 2 fully saturated rings. The van der Waals surface area contributed by atoms with Crippen LogP contribution in [0.4, 0.5) is 0 Å². The summed E-state index contributed by atoms with van der Waals surface area (Å²) in [6.07, 6.45) is 10.1. The van der Waals surface area contributed by atoms with Gasteiger partial charge in [-0.2, -0.15) is 0 Å². The molecule has 1 N–H and O–H groups in total. The van der Waals surface area contributed by atoms with Crippen molar-refractivity contribution in [1.82, 2.24) is 10.2 Å². The predicted molar refractivity (Wildman–Crippen MR) is 88.1 cm³/mol. The molecule has 2 saturated carbocycles. The van der Waals surface area contributed by atoms with E-state index in [-0.39, 0.29) is 0 Å². The summed E-state index contributed by atoms with van der Waals surface area (Å²) in [6.45, 7) is 13.2. The zero-order valence-electron chi connectivity index (χ0n) is 14.3. The van der Waals surface area contributed by atoms with Crippen molar-refractivity contribution < 1.29 is 0 Å². The molecule has 0 unspecified atom stereocenters. The zero-order valence-corrected chi connectivity index (χ0v) is 14.3. The summed E-state index contributed by atoms with van der Waals surface area (Å²) < 4.78 is 0. The van der Waals surface area contributed by atoms with Gasteiger partial charge in [0.25, 0.3) is 0 Å². The minimum Gasteiger partial charge on any atom is -0.314 e. The monoisotopic (exact) mass is 280 g/mol. The number of nitrogens with one attached hydrogen (secondary N) is 1. The predicted octanol–water partition coefficient (Wildman–Crippen LogP) is 4.06. The molecule has 2 nitrogen and oxygen atoms in total. The fourth-order valence-electron chi connectivity index (χ4n) is 3.63. The summed E-state index contributed by atoms with van der Waals surface area (Å²) in [4.78, 5) is 2.78. The van der Waals surface area contributed by atoms with Crippen LogP contribution in [0.2, 0.25) is 0 Å². The smallest absolute Gasteiger partial charge is 0.00530 e. The van der Waals surface area contributed by atoms with Crippen molar-refractivity contribution in [1.29, 1.82) is 0 Å². The highest BCUT2D eigenvalue weighted by Crippen LogP contribution is 2.38. The van der Waals surface area contributed by atoms with Gasteiger partial charge in [-0.15, -0.1) is 0 Å². The summed E-state index contributed by atoms with van der Waals surface area (Å²) in [5, 5.41) is 3.74. The number of hydrogen-bond donors (Lipinski definition) is 1. The Hall–Kier alpha value is -0.0800. The molecule has 0 saturated heterocycles. The van der Waals surface area contributed by atoms with Gasteiger partial charge in [-0.3, -0.25) is 0 Å². The van der Waals surface area contributed by atoms with Gasteiger partial charge in [0.2, 0.25) is 0 Å². The standard InChI is InChI=1S/C18H36N2/c1-15(2)19-13-18(10-6-5-7-11-18)14-20(16(3)4)12-17-8-9-17/h15-17,19H,5-14H2,1-4H3. The average molecular weight is 280 g/mol. The fourth-order valence-corrected chi connectivity index (χ4v) is 3.63. The van der Waals surface area contributed by atoms with Gasteiger partial charge in [0.15, 0.2) is 0 Å². The minimum atomic E-state index is 0.543. The Bertz CT molecular complexity index is 275. The highest BCUT2D eigenvalue weighted by Gasteiger charge is 2.36. The third-order valence-corrected chi connectivity index (χ3v) is 5.26. The molecule has 0 spiro atoms. The third-order valence-electron chi connectivity index (χ3n) is 5.26. The maximum Gasteiger partial charge on any atom is 0.00530 e. The van der Waals surface area contributed by atoms with Crippen molar-refractivity contribution in [3.63, 3.8) is 0 Å². The van der Waals surface area contributed by atoms with E-state index in [2.05, 4.69) is 37.9 Å². The molecule has 0 aromatic carbocycles. The zero-order chi connectivity index (χ0) is 14.6. The van der Waals surface area contributed by atoms with E-state index in [4.69, 9.17) is 0 Å². The van der Waals surface area contributed by atoms with E-state index in [1.54, 1.807) is 0 Å². The second-order valence-corrected chi connectivity index (χ2v) is 8.06. The Balaban J connectivity index is 1.96. The molecule has 2 aliphatic rings. The lowest BCUT2D eigenvalue weighted by molar-refractivity contribution is 0.0784. The molecule has 20 heavy (non-hydrogen) atoms. The summed E-state index contributed by atoms with van der Waals surface area (Å²) in [7, 11) is 0. The Morgan fingerprint density at radius 2 is 1.70 bits per heavy atom. The van der Waals surface area contributed by atoms with Crippen LogP contribution in [-0.2, 0) is 0 Å². The number of nitrogens with zero attached hydrogens (tertiary/aromatic N) is 1. The Morgan fingerprint density at radius 3 is 2.20 bits per heavy atom. The van der Waals surface area contributed by atoms with Crippen LogP contribution in [0.1, 0.15) is 72.6 Å². The van der Waals surface area contributed by atoms with Crippen LogP contribution >= 0.6 is 0 Å². The minimum absolute atomic E-state index is 0.543. The average Bonchev–Trinajstić information content (AvgIpc) is 3.21. The van der Waals surface area contributed by atoms with Gasteiger partial charge < -0.3 is 10.2 Å². The SMILES string of the molecule is CC(C)NCC1(CN(CC2CC2)C(C)C)CCCCC1. The number of rotatable bonds is 8. The van der Waals surface area contributed by atoms with E-state index in [9.17, 15) is 0 Å². The molecule has 0 heterocycles. The van der Waals surface area contributed by atoms with Crippen LogP contribution in [0.25, 0.3) is 0 Å².